The topological polar surface area (TPSA) is 90.5 Å². The normalized spacial score (nSPS) is 10.7. The molecule has 0 atom stereocenters. The van der Waals surface area contributed by atoms with Gasteiger partial charge < -0.3 is 14.5 Å². The van der Waals surface area contributed by atoms with Crippen LogP contribution in [0.4, 0.5) is 4.39 Å². The summed E-state index contributed by atoms with van der Waals surface area (Å²) >= 11 is 0. The summed E-state index contributed by atoms with van der Waals surface area (Å²) in [5.74, 6) is -1.99. The number of ether oxygens (including phenoxy) is 1. The number of oxazole rings is 1. The van der Waals surface area contributed by atoms with Gasteiger partial charge in [-0.3, -0.25) is 14.2 Å². The number of aryl methyl sites for hydroxylation is 1. The number of halogens is 1. The number of hydrogen-bond donors (Lipinski definition) is 1. The lowest BCUT2D eigenvalue weighted by Crippen LogP contribution is -2.28. The summed E-state index contributed by atoms with van der Waals surface area (Å²) in [6.45, 7) is -0.139. The molecule has 0 radical (unpaired) electrons. The van der Waals surface area contributed by atoms with E-state index in [0.717, 1.165) is 5.56 Å². The predicted molar refractivity (Wildman–Crippen MR) is 94.3 cm³/mol. The molecule has 0 aliphatic heterocycles. The highest BCUT2D eigenvalue weighted by Gasteiger charge is 2.12. The average Bonchev–Trinajstić information content (AvgIpc) is 2.99. The van der Waals surface area contributed by atoms with Crippen molar-refractivity contribution in [2.75, 3.05) is 6.61 Å². The molecule has 1 N–H and O–H groups in total. The van der Waals surface area contributed by atoms with E-state index in [0.29, 0.717) is 11.1 Å². The molecule has 7 nitrogen and oxygen atoms in total. The SMILES string of the molecule is O=C(COC(=O)CCn1c(=O)oc2ccccc21)NCc1ccc(F)cc1. The molecule has 0 saturated carbocycles. The molecule has 0 spiro atoms. The van der Waals surface area contributed by atoms with Crippen LogP contribution in [0, 0.1) is 5.82 Å². The second kappa shape index (κ2) is 8.31. The number of nitrogens with zero attached hydrogens (tertiary/aromatic N) is 1. The maximum Gasteiger partial charge on any atom is 0.419 e. The molecule has 8 heteroatoms. The highest BCUT2D eigenvalue weighted by Crippen LogP contribution is 2.12. The van der Waals surface area contributed by atoms with Gasteiger partial charge >= 0.3 is 11.7 Å². The molecule has 1 amide bonds. The molecule has 0 bridgehead atoms. The van der Waals surface area contributed by atoms with E-state index in [2.05, 4.69) is 5.32 Å². The lowest BCUT2D eigenvalue weighted by Gasteiger charge is -2.07. The summed E-state index contributed by atoms with van der Waals surface area (Å²) in [6, 6.07) is 12.6. The second-order valence-corrected chi connectivity index (χ2v) is 5.80. The van der Waals surface area contributed by atoms with Gasteiger partial charge in [0.2, 0.25) is 0 Å². The molecule has 0 aliphatic rings. The van der Waals surface area contributed by atoms with Crippen LogP contribution >= 0.6 is 0 Å². The maximum atomic E-state index is 12.8. The Bertz CT molecular complexity index is 1010. The van der Waals surface area contributed by atoms with Gasteiger partial charge in [0.05, 0.1) is 11.9 Å². The molecular formula is C19H17FN2O5. The predicted octanol–water partition coefficient (Wildman–Crippen LogP) is 1.98. The van der Waals surface area contributed by atoms with Crippen molar-refractivity contribution < 1.29 is 23.1 Å². The lowest BCUT2D eigenvalue weighted by atomic mass is 10.2. The van der Waals surface area contributed by atoms with Crippen molar-refractivity contribution >= 4 is 23.0 Å². The van der Waals surface area contributed by atoms with Gasteiger partial charge in [-0.25, -0.2) is 9.18 Å². The van der Waals surface area contributed by atoms with Gasteiger partial charge in [-0.15, -0.1) is 0 Å². The highest BCUT2D eigenvalue weighted by molar-refractivity contribution is 5.80. The minimum Gasteiger partial charge on any atom is -0.456 e. The number of nitrogens with one attached hydrogen (secondary N) is 1. The van der Waals surface area contributed by atoms with Crippen molar-refractivity contribution in [3.63, 3.8) is 0 Å². The molecule has 0 saturated heterocycles. The molecular weight excluding hydrogens is 355 g/mol. The van der Waals surface area contributed by atoms with Crippen LogP contribution in [-0.2, 0) is 27.4 Å². The van der Waals surface area contributed by atoms with Crippen LogP contribution in [0.25, 0.3) is 11.1 Å². The molecule has 0 unspecified atom stereocenters. The zero-order chi connectivity index (χ0) is 19.2. The van der Waals surface area contributed by atoms with Gasteiger partial charge in [0, 0.05) is 13.1 Å². The highest BCUT2D eigenvalue weighted by atomic mass is 19.1. The summed E-state index contributed by atoms with van der Waals surface area (Å²) in [5, 5.41) is 2.57. The standard InChI is InChI=1S/C19H17FN2O5/c20-14-7-5-13(6-8-14)11-21-17(23)12-26-18(24)9-10-22-15-3-1-2-4-16(15)27-19(22)25/h1-8H,9-12H2,(H,21,23). The number of fused-ring (bicyclic) bond motifs is 1. The summed E-state index contributed by atoms with van der Waals surface area (Å²) in [4.78, 5) is 35.3. The molecule has 27 heavy (non-hydrogen) atoms. The Balaban J connectivity index is 1.44. The third kappa shape index (κ3) is 4.81. The quantitative estimate of drug-likeness (QED) is 0.641. The minimum atomic E-state index is -0.607. The van der Waals surface area contributed by atoms with Crippen LogP contribution in [0.5, 0.6) is 0 Å². The van der Waals surface area contributed by atoms with Crippen LogP contribution in [0.2, 0.25) is 0 Å². The van der Waals surface area contributed by atoms with Crippen molar-refractivity contribution in [3.8, 4) is 0 Å². The number of benzene rings is 2. The summed E-state index contributed by atoms with van der Waals surface area (Å²) < 4.78 is 24.1. The number of rotatable bonds is 7. The minimum absolute atomic E-state index is 0.0747. The van der Waals surface area contributed by atoms with Gasteiger partial charge in [-0.05, 0) is 29.8 Å². The van der Waals surface area contributed by atoms with Crippen molar-refractivity contribution in [1.29, 1.82) is 0 Å². The molecule has 3 rings (SSSR count). The Hall–Kier alpha value is -3.42. The number of esters is 1. The molecule has 0 fully saturated rings. The van der Waals surface area contributed by atoms with E-state index in [1.54, 1.807) is 36.4 Å². The molecule has 2 aromatic carbocycles. The second-order valence-electron chi connectivity index (χ2n) is 5.80. The van der Waals surface area contributed by atoms with Gasteiger partial charge in [-0.1, -0.05) is 24.3 Å². The molecule has 140 valence electrons. The lowest BCUT2D eigenvalue weighted by molar-refractivity contribution is -0.148. The number of aromatic nitrogens is 1. The largest absolute Gasteiger partial charge is 0.456 e. The van der Waals surface area contributed by atoms with E-state index in [4.69, 9.17) is 9.15 Å². The third-order valence-electron chi connectivity index (χ3n) is 3.88. The molecule has 0 aliphatic carbocycles. The summed E-state index contributed by atoms with van der Waals surface area (Å²) in [6.07, 6.45) is -0.0747. The zero-order valence-electron chi connectivity index (χ0n) is 14.3. The van der Waals surface area contributed by atoms with E-state index < -0.39 is 24.2 Å². The van der Waals surface area contributed by atoms with Crippen molar-refractivity contribution in [3.05, 3.63) is 70.5 Å². The monoisotopic (exact) mass is 372 g/mol. The smallest absolute Gasteiger partial charge is 0.419 e. The first kappa shape index (κ1) is 18.4. The van der Waals surface area contributed by atoms with E-state index in [9.17, 15) is 18.8 Å². The number of carbonyl (C=O) groups is 2. The van der Waals surface area contributed by atoms with E-state index in [1.807, 2.05) is 0 Å². The van der Waals surface area contributed by atoms with Crippen molar-refractivity contribution in [1.82, 2.24) is 9.88 Å². The number of hydrogen-bond acceptors (Lipinski definition) is 5. The van der Waals surface area contributed by atoms with E-state index in [1.165, 1.54) is 16.7 Å². The fraction of sp³-hybridized carbons (Fsp3) is 0.211. The number of carbonyl (C=O) groups excluding carboxylic acids is 2. The van der Waals surface area contributed by atoms with Crippen LogP contribution in [0.1, 0.15) is 12.0 Å². The molecule has 3 aromatic rings. The summed E-state index contributed by atoms with van der Waals surface area (Å²) in [7, 11) is 0. The maximum absolute atomic E-state index is 12.8. The Morgan fingerprint density at radius 2 is 1.85 bits per heavy atom. The third-order valence-corrected chi connectivity index (χ3v) is 3.88. The van der Waals surface area contributed by atoms with Gasteiger partial charge in [0.15, 0.2) is 12.2 Å². The van der Waals surface area contributed by atoms with Crippen LogP contribution in [-0.4, -0.2) is 23.1 Å². The van der Waals surface area contributed by atoms with Crippen LogP contribution < -0.4 is 11.1 Å². The Kier molecular flexibility index (Phi) is 5.65. The number of amides is 1. The first-order valence-corrected chi connectivity index (χ1v) is 8.28. The van der Waals surface area contributed by atoms with Crippen molar-refractivity contribution in [2.24, 2.45) is 0 Å². The Labute approximate surface area is 153 Å². The van der Waals surface area contributed by atoms with Gasteiger partial charge in [0.1, 0.15) is 5.82 Å². The van der Waals surface area contributed by atoms with E-state index in [-0.39, 0.29) is 25.3 Å². The van der Waals surface area contributed by atoms with Gasteiger partial charge in [0.25, 0.3) is 5.91 Å². The molecule has 1 heterocycles. The zero-order valence-corrected chi connectivity index (χ0v) is 14.3. The number of para-hydroxylation sites is 2. The van der Waals surface area contributed by atoms with E-state index >= 15 is 0 Å². The average molecular weight is 372 g/mol. The Morgan fingerprint density at radius 1 is 1.11 bits per heavy atom. The van der Waals surface area contributed by atoms with Crippen LogP contribution in [0.15, 0.2) is 57.7 Å². The fourth-order valence-electron chi connectivity index (χ4n) is 2.50. The first-order valence-electron chi connectivity index (χ1n) is 8.28. The van der Waals surface area contributed by atoms with Crippen LogP contribution in [0.3, 0.4) is 0 Å². The fourth-order valence-corrected chi connectivity index (χ4v) is 2.50. The van der Waals surface area contributed by atoms with Crippen molar-refractivity contribution in [2.45, 2.75) is 19.5 Å². The molecule has 1 aromatic heterocycles. The Morgan fingerprint density at radius 3 is 2.63 bits per heavy atom. The summed E-state index contributed by atoms with van der Waals surface area (Å²) in [5.41, 5.74) is 1.76. The first-order chi connectivity index (χ1) is 13.0. The van der Waals surface area contributed by atoms with Gasteiger partial charge in [-0.2, -0.15) is 0 Å².